The Hall–Kier alpha value is -2.58. The molecule has 2 aromatic carbocycles. The number of likely N-dealkylation sites (tertiary alicyclic amines) is 1. The maximum Gasteiger partial charge on any atom is 0.339 e. The second kappa shape index (κ2) is 10.4. The Morgan fingerprint density at radius 3 is 2.60 bits per heavy atom. The molecular formula is C21H20ClFN2O4S. The van der Waals surface area contributed by atoms with Crippen LogP contribution in [0.25, 0.3) is 0 Å². The summed E-state index contributed by atoms with van der Waals surface area (Å²) in [4.78, 5) is 39.1. The Balaban J connectivity index is 1.54. The number of halogens is 2. The number of carbonyl (C=O) groups is 3. The number of amides is 2. The van der Waals surface area contributed by atoms with Gasteiger partial charge >= 0.3 is 5.97 Å². The van der Waals surface area contributed by atoms with Crippen LogP contribution in [0.5, 0.6) is 0 Å². The van der Waals surface area contributed by atoms with Gasteiger partial charge in [0.2, 0.25) is 5.91 Å². The minimum absolute atomic E-state index is 0.0398. The summed E-state index contributed by atoms with van der Waals surface area (Å²) < 4.78 is 18.3. The van der Waals surface area contributed by atoms with Gasteiger partial charge in [0.25, 0.3) is 5.91 Å². The van der Waals surface area contributed by atoms with Crippen molar-refractivity contribution >= 4 is 46.8 Å². The van der Waals surface area contributed by atoms with Gasteiger partial charge in [-0.3, -0.25) is 9.59 Å². The van der Waals surface area contributed by atoms with Crippen molar-refractivity contribution in [3.8, 4) is 0 Å². The predicted octanol–water partition coefficient (Wildman–Crippen LogP) is 3.99. The van der Waals surface area contributed by atoms with Gasteiger partial charge in [-0.2, -0.15) is 0 Å². The second-order valence-electron chi connectivity index (χ2n) is 6.63. The van der Waals surface area contributed by atoms with Crippen molar-refractivity contribution in [1.82, 2.24) is 4.90 Å². The molecule has 1 aliphatic heterocycles. The van der Waals surface area contributed by atoms with Gasteiger partial charge in [-0.05, 0) is 43.2 Å². The van der Waals surface area contributed by atoms with E-state index >= 15 is 0 Å². The van der Waals surface area contributed by atoms with E-state index in [0.717, 1.165) is 32.0 Å². The fourth-order valence-corrected chi connectivity index (χ4v) is 4.06. The first-order valence-corrected chi connectivity index (χ1v) is 10.7. The Morgan fingerprint density at radius 1 is 1.13 bits per heavy atom. The monoisotopic (exact) mass is 450 g/mol. The molecule has 1 saturated heterocycles. The fourth-order valence-electron chi connectivity index (χ4n) is 2.94. The third kappa shape index (κ3) is 5.96. The van der Waals surface area contributed by atoms with Gasteiger partial charge in [0.15, 0.2) is 6.61 Å². The van der Waals surface area contributed by atoms with Crippen LogP contribution in [0.1, 0.15) is 23.2 Å². The number of hydrogen-bond donors (Lipinski definition) is 1. The number of nitrogens with one attached hydrogen (secondary N) is 1. The summed E-state index contributed by atoms with van der Waals surface area (Å²) in [6.07, 6.45) is 2.04. The normalized spacial score (nSPS) is 13.2. The molecule has 0 aliphatic carbocycles. The molecule has 0 radical (unpaired) electrons. The summed E-state index contributed by atoms with van der Waals surface area (Å²) in [6.45, 7) is 1.04. The van der Waals surface area contributed by atoms with Gasteiger partial charge in [0.1, 0.15) is 5.82 Å². The van der Waals surface area contributed by atoms with Crippen molar-refractivity contribution in [2.24, 2.45) is 0 Å². The number of esters is 1. The summed E-state index contributed by atoms with van der Waals surface area (Å²) in [5, 5.41) is 2.35. The quantitative estimate of drug-likeness (QED) is 0.510. The van der Waals surface area contributed by atoms with E-state index in [-0.39, 0.29) is 22.2 Å². The highest BCUT2D eigenvalue weighted by Crippen LogP contribution is 2.24. The lowest BCUT2D eigenvalue weighted by molar-refractivity contribution is -0.127. The van der Waals surface area contributed by atoms with Gasteiger partial charge in [-0.25, -0.2) is 9.18 Å². The molecule has 1 fully saturated rings. The smallest absolute Gasteiger partial charge is 0.339 e. The molecule has 2 aromatic rings. The zero-order valence-electron chi connectivity index (χ0n) is 16.0. The second-order valence-corrected chi connectivity index (χ2v) is 8.05. The molecule has 0 saturated carbocycles. The minimum Gasteiger partial charge on any atom is -0.452 e. The van der Waals surface area contributed by atoms with E-state index in [1.165, 1.54) is 23.9 Å². The minimum atomic E-state index is -0.668. The summed E-state index contributed by atoms with van der Waals surface area (Å²) >= 11 is 6.94. The zero-order valence-corrected chi connectivity index (χ0v) is 17.6. The molecule has 3 rings (SSSR count). The lowest BCUT2D eigenvalue weighted by atomic mass is 10.2. The van der Waals surface area contributed by atoms with Gasteiger partial charge in [-0.1, -0.05) is 23.7 Å². The molecule has 0 atom stereocenters. The average Bonchev–Trinajstić information content (AvgIpc) is 3.28. The molecule has 6 nitrogen and oxygen atoms in total. The molecule has 0 unspecified atom stereocenters. The number of thioether (sulfide) groups is 1. The summed E-state index contributed by atoms with van der Waals surface area (Å²) in [5.74, 6) is -1.58. The van der Waals surface area contributed by atoms with Gasteiger partial charge in [-0.15, -0.1) is 11.8 Å². The van der Waals surface area contributed by atoms with E-state index in [4.69, 9.17) is 16.3 Å². The predicted molar refractivity (Wildman–Crippen MR) is 113 cm³/mol. The zero-order chi connectivity index (χ0) is 21.5. The van der Waals surface area contributed by atoms with Crippen LogP contribution in [0.3, 0.4) is 0 Å². The number of carbonyl (C=O) groups excluding carboxylic acids is 3. The number of ether oxygens (including phenoxy) is 1. The topological polar surface area (TPSA) is 75.7 Å². The SMILES string of the molecule is O=C(COC(=O)c1ccccc1SCC(=O)N1CCCC1)Nc1ccc(F)c(Cl)c1. The van der Waals surface area contributed by atoms with Crippen LogP contribution in [-0.4, -0.2) is 48.1 Å². The maximum atomic E-state index is 13.2. The first kappa shape index (κ1) is 22.1. The molecule has 0 bridgehead atoms. The number of anilines is 1. The Kier molecular flexibility index (Phi) is 7.70. The van der Waals surface area contributed by atoms with E-state index in [1.807, 2.05) is 4.90 Å². The molecular weight excluding hydrogens is 431 g/mol. The lowest BCUT2D eigenvalue weighted by Crippen LogP contribution is -2.29. The van der Waals surface area contributed by atoms with E-state index in [2.05, 4.69) is 5.32 Å². The molecule has 1 heterocycles. The molecule has 9 heteroatoms. The standard InChI is InChI=1S/C21H20ClFN2O4S/c22-16-11-14(7-8-17(16)23)24-19(26)12-29-21(28)15-5-1-2-6-18(15)30-13-20(27)25-9-3-4-10-25/h1-2,5-8,11H,3-4,9-10,12-13H2,(H,24,26). The van der Waals surface area contributed by atoms with Crippen molar-refractivity contribution in [2.45, 2.75) is 17.7 Å². The van der Waals surface area contributed by atoms with E-state index in [0.29, 0.717) is 10.6 Å². The van der Waals surface area contributed by atoms with Crippen molar-refractivity contribution in [3.05, 3.63) is 58.9 Å². The number of nitrogens with zero attached hydrogens (tertiary/aromatic N) is 1. The molecule has 2 amide bonds. The van der Waals surface area contributed by atoms with Crippen molar-refractivity contribution in [3.63, 3.8) is 0 Å². The molecule has 158 valence electrons. The van der Waals surface area contributed by atoms with Crippen LogP contribution in [0.15, 0.2) is 47.4 Å². The van der Waals surface area contributed by atoms with Crippen LogP contribution in [0, 0.1) is 5.82 Å². The Morgan fingerprint density at radius 2 is 1.87 bits per heavy atom. The van der Waals surface area contributed by atoms with Gasteiger partial charge in [0.05, 0.1) is 16.3 Å². The van der Waals surface area contributed by atoms with Crippen LogP contribution in [0.2, 0.25) is 5.02 Å². The first-order chi connectivity index (χ1) is 14.4. The Labute approximate surface area is 182 Å². The molecule has 30 heavy (non-hydrogen) atoms. The molecule has 1 N–H and O–H groups in total. The van der Waals surface area contributed by atoms with E-state index < -0.39 is 24.3 Å². The van der Waals surface area contributed by atoms with Crippen LogP contribution in [-0.2, 0) is 14.3 Å². The molecule has 1 aliphatic rings. The molecule has 0 spiro atoms. The van der Waals surface area contributed by atoms with Crippen LogP contribution in [0.4, 0.5) is 10.1 Å². The summed E-state index contributed by atoms with van der Waals surface area (Å²) in [6, 6.07) is 10.5. The summed E-state index contributed by atoms with van der Waals surface area (Å²) in [5.41, 5.74) is 0.577. The third-order valence-corrected chi connectivity index (χ3v) is 5.80. The lowest BCUT2D eigenvalue weighted by Gasteiger charge is -2.15. The maximum absolute atomic E-state index is 13.2. The van der Waals surface area contributed by atoms with Gasteiger partial charge in [0, 0.05) is 23.7 Å². The number of hydrogen-bond acceptors (Lipinski definition) is 5. The third-order valence-electron chi connectivity index (χ3n) is 4.45. The number of benzene rings is 2. The van der Waals surface area contributed by atoms with E-state index in [1.54, 1.807) is 24.3 Å². The largest absolute Gasteiger partial charge is 0.452 e. The van der Waals surface area contributed by atoms with Crippen molar-refractivity contribution in [1.29, 1.82) is 0 Å². The molecule has 0 aromatic heterocycles. The summed E-state index contributed by atoms with van der Waals surface area (Å²) in [7, 11) is 0. The fraction of sp³-hybridized carbons (Fsp3) is 0.286. The number of rotatable bonds is 7. The van der Waals surface area contributed by atoms with Gasteiger partial charge < -0.3 is 15.0 Å². The van der Waals surface area contributed by atoms with Crippen molar-refractivity contribution in [2.75, 3.05) is 30.8 Å². The average molecular weight is 451 g/mol. The van der Waals surface area contributed by atoms with Crippen molar-refractivity contribution < 1.29 is 23.5 Å². The van der Waals surface area contributed by atoms with E-state index in [9.17, 15) is 18.8 Å². The highest BCUT2D eigenvalue weighted by Gasteiger charge is 2.20. The first-order valence-electron chi connectivity index (χ1n) is 9.35. The highest BCUT2D eigenvalue weighted by molar-refractivity contribution is 8.00. The highest BCUT2D eigenvalue weighted by atomic mass is 35.5. The Bertz CT molecular complexity index is 950. The van der Waals surface area contributed by atoms with Crippen LogP contribution < -0.4 is 5.32 Å². The van der Waals surface area contributed by atoms with Crippen LogP contribution >= 0.6 is 23.4 Å².